The zero-order valence-corrected chi connectivity index (χ0v) is 17.7. The van der Waals surface area contributed by atoms with Crippen molar-refractivity contribution in [3.63, 3.8) is 0 Å². The lowest BCUT2D eigenvalue weighted by atomic mass is 10.2. The van der Waals surface area contributed by atoms with Gasteiger partial charge in [0.15, 0.2) is 0 Å². The van der Waals surface area contributed by atoms with Crippen molar-refractivity contribution in [2.75, 3.05) is 17.1 Å². The van der Waals surface area contributed by atoms with E-state index < -0.39 is 15.9 Å². The Labute approximate surface area is 175 Å². The first kappa shape index (κ1) is 20.2. The van der Waals surface area contributed by atoms with Crippen LogP contribution in [0.3, 0.4) is 0 Å². The number of benzene rings is 2. The first-order valence-electron chi connectivity index (χ1n) is 7.90. The van der Waals surface area contributed by atoms with E-state index in [4.69, 9.17) is 16.3 Å². The number of nitrogens with one attached hydrogen (secondary N) is 3. The van der Waals surface area contributed by atoms with Gasteiger partial charge in [0.2, 0.25) is 0 Å². The molecule has 3 N–H and O–H groups in total. The zero-order valence-electron chi connectivity index (χ0n) is 14.5. The SMILES string of the molecule is COc1ccc(S(=O)(=O)Nc2ccc(Br)cc2)cc1NC(=O)c1cc(Cl)c[nH]1. The van der Waals surface area contributed by atoms with E-state index in [2.05, 4.69) is 31.0 Å². The molecule has 0 aliphatic heterocycles. The van der Waals surface area contributed by atoms with Crippen LogP contribution in [0.25, 0.3) is 0 Å². The van der Waals surface area contributed by atoms with Crippen molar-refractivity contribution in [1.29, 1.82) is 0 Å². The van der Waals surface area contributed by atoms with Crippen LogP contribution in [-0.2, 0) is 10.0 Å². The Morgan fingerprint density at radius 1 is 1.14 bits per heavy atom. The van der Waals surface area contributed by atoms with Gasteiger partial charge in [-0.05, 0) is 48.5 Å². The van der Waals surface area contributed by atoms with E-state index in [1.165, 1.54) is 37.6 Å². The molecule has 1 aromatic heterocycles. The summed E-state index contributed by atoms with van der Waals surface area (Å²) < 4.78 is 33.9. The zero-order chi connectivity index (χ0) is 20.3. The van der Waals surface area contributed by atoms with Crippen LogP contribution in [0.15, 0.2) is 64.1 Å². The highest BCUT2D eigenvalue weighted by Crippen LogP contribution is 2.29. The number of carbonyl (C=O) groups is 1. The van der Waals surface area contributed by atoms with E-state index in [1.807, 2.05) is 0 Å². The molecule has 28 heavy (non-hydrogen) atoms. The first-order valence-corrected chi connectivity index (χ1v) is 10.6. The molecule has 2 aromatic carbocycles. The number of amides is 1. The fourth-order valence-electron chi connectivity index (χ4n) is 2.37. The number of halogens is 2. The third-order valence-corrected chi connectivity index (χ3v) is 5.84. The maximum atomic E-state index is 12.7. The van der Waals surface area contributed by atoms with Crippen molar-refractivity contribution in [3.8, 4) is 5.75 Å². The van der Waals surface area contributed by atoms with Gasteiger partial charge in [0.1, 0.15) is 11.4 Å². The Morgan fingerprint density at radius 2 is 1.86 bits per heavy atom. The lowest BCUT2D eigenvalue weighted by Gasteiger charge is -2.13. The molecule has 1 heterocycles. The number of anilines is 2. The quantitative estimate of drug-likeness (QED) is 0.480. The van der Waals surface area contributed by atoms with Crippen molar-refractivity contribution in [1.82, 2.24) is 4.98 Å². The molecule has 3 rings (SSSR count). The number of H-pyrrole nitrogens is 1. The molecule has 0 bridgehead atoms. The summed E-state index contributed by atoms with van der Waals surface area (Å²) in [5.74, 6) is -0.172. The minimum absolute atomic E-state index is 0.0314. The Balaban J connectivity index is 1.89. The second kappa shape index (κ2) is 8.26. The number of aromatic amines is 1. The van der Waals surface area contributed by atoms with E-state index in [9.17, 15) is 13.2 Å². The highest BCUT2D eigenvalue weighted by Gasteiger charge is 2.19. The second-order valence-electron chi connectivity index (χ2n) is 5.66. The first-order chi connectivity index (χ1) is 13.3. The lowest BCUT2D eigenvalue weighted by molar-refractivity contribution is 0.102. The van der Waals surface area contributed by atoms with Crippen molar-refractivity contribution >= 4 is 54.8 Å². The molecule has 7 nitrogen and oxygen atoms in total. The molecule has 1 amide bonds. The second-order valence-corrected chi connectivity index (χ2v) is 8.69. The molecule has 0 aliphatic rings. The van der Waals surface area contributed by atoms with Gasteiger partial charge in [-0.1, -0.05) is 27.5 Å². The molecule has 146 valence electrons. The molecule has 0 radical (unpaired) electrons. The summed E-state index contributed by atoms with van der Waals surface area (Å²) in [6, 6.07) is 12.3. The average Bonchev–Trinajstić information content (AvgIpc) is 3.10. The average molecular weight is 485 g/mol. The molecule has 0 unspecified atom stereocenters. The van der Waals surface area contributed by atoms with Crippen LogP contribution < -0.4 is 14.8 Å². The molecule has 0 aliphatic carbocycles. The van der Waals surface area contributed by atoms with Crippen molar-refractivity contribution in [2.45, 2.75) is 4.90 Å². The van der Waals surface area contributed by atoms with Gasteiger partial charge in [-0.3, -0.25) is 9.52 Å². The third-order valence-electron chi connectivity index (χ3n) is 3.72. The number of sulfonamides is 1. The molecule has 0 spiro atoms. The van der Waals surface area contributed by atoms with Crippen LogP contribution in [-0.4, -0.2) is 26.4 Å². The molecule has 0 saturated carbocycles. The molecular weight excluding hydrogens is 470 g/mol. The molecule has 10 heteroatoms. The van der Waals surface area contributed by atoms with Gasteiger partial charge in [0.05, 0.1) is 22.7 Å². The number of rotatable bonds is 6. The van der Waals surface area contributed by atoms with Gasteiger partial charge in [-0.2, -0.15) is 0 Å². The standard InChI is InChI=1S/C18H15BrClN3O4S/c1-27-17-7-6-14(28(25,26)23-13-4-2-11(19)3-5-13)9-15(17)22-18(24)16-8-12(20)10-21-16/h2-10,21,23H,1H3,(H,22,24). The summed E-state index contributed by atoms with van der Waals surface area (Å²) in [6.45, 7) is 0. The van der Waals surface area contributed by atoms with E-state index in [1.54, 1.807) is 24.3 Å². The fraction of sp³-hybridized carbons (Fsp3) is 0.0556. The number of hydrogen-bond donors (Lipinski definition) is 3. The predicted octanol–water partition coefficient (Wildman–Crippen LogP) is 4.49. The van der Waals surface area contributed by atoms with Gasteiger partial charge >= 0.3 is 0 Å². The number of hydrogen-bond acceptors (Lipinski definition) is 4. The summed E-state index contributed by atoms with van der Waals surface area (Å²) in [7, 11) is -2.45. The summed E-state index contributed by atoms with van der Waals surface area (Å²) in [5.41, 5.74) is 0.843. The summed E-state index contributed by atoms with van der Waals surface area (Å²) in [4.78, 5) is 15.0. The van der Waals surface area contributed by atoms with Gasteiger partial charge in [0.25, 0.3) is 15.9 Å². The topological polar surface area (TPSA) is 100 Å². The minimum Gasteiger partial charge on any atom is -0.495 e. The summed E-state index contributed by atoms with van der Waals surface area (Å²) >= 11 is 9.11. The van der Waals surface area contributed by atoms with Crippen LogP contribution in [0.2, 0.25) is 5.02 Å². The number of carbonyl (C=O) groups excluding carboxylic acids is 1. The van der Waals surface area contributed by atoms with Crippen molar-refractivity contribution in [2.24, 2.45) is 0 Å². The maximum absolute atomic E-state index is 12.7. The predicted molar refractivity (Wildman–Crippen MR) is 112 cm³/mol. The smallest absolute Gasteiger partial charge is 0.272 e. The monoisotopic (exact) mass is 483 g/mol. The van der Waals surface area contributed by atoms with Crippen molar-refractivity contribution in [3.05, 3.63) is 69.9 Å². The highest BCUT2D eigenvalue weighted by molar-refractivity contribution is 9.10. The summed E-state index contributed by atoms with van der Waals surface area (Å²) in [6.07, 6.45) is 1.47. The van der Waals surface area contributed by atoms with Crippen LogP contribution >= 0.6 is 27.5 Å². The Morgan fingerprint density at radius 3 is 2.46 bits per heavy atom. The van der Waals surface area contributed by atoms with Gasteiger partial charge in [-0.15, -0.1) is 0 Å². The molecule has 3 aromatic rings. The van der Waals surface area contributed by atoms with Crippen LogP contribution in [0.1, 0.15) is 10.5 Å². The number of aromatic nitrogens is 1. The van der Waals surface area contributed by atoms with Crippen LogP contribution in [0.4, 0.5) is 11.4 Å². The van der Waals surface area contributed by atoms with E-state index in [0.29, 0.717) is 16.5 Å². The fourth-order valence-corrected chi connectivity index (χ4v) is 3.89. The maximum Gasteiger partial charge on any atom is 0.272 e. The van der Waals surface area contributed by atoms with Gasteiger partial charge < -0.3 is 15.0 Å². The Hall–Kier alpha value is -2.49. The molecule has 0 fully saturated rings. The number of ether oxygens (including phenoxy) is 1. The lowest BCUT2D eigenvalue weighted by Crippen LogP contribution is -2.16. The molecule has 0 atom stereocenters. The molecule has 0 saturated heterocycles. The summed E-state index contributed by atoms with van der Waals surface area (Å²) in [5, 5.41) is 3.00. The molecular formula is C18H15BrClN3O4S. The van der Waals surface area contributed by atoms with E-state index in [0.717, 1.165) is 4.47 Å². The normalized spacial score (nSPS) is 11.1. The Kier molecular flexibility index (Phi) is 5.97. The largest absolute Gasteiger partial charge is 0.495 e. The minimum atomic E-state index is -3.87. The Bertz CT molecular complexity index is 1110. The van der Waals surface area contributed by atoms with Crippen LogP contribution in [0, 0.1) is 0 Å². The van der Waals surface area contributed by atoms with Crippen LogP contribution in [0.5, 0.6) is 5.75 Å². The van der Waals surface area contributed by atoms with E-state index >= 15 is 0 Å². The highest BCUT2D eigenvalue weighted by atomic mass is 79.9. The number of methoxy groups -OCH3 is 1. The van der Waals surface area contributed by atoms with Gasteiger partial charge in [0, 0.05) is 16.4 Å². The van der Waals surface area contributed by atoms with Crippen molar-refractivity contribution < 1.29 is 17.9 Å². The van der Waals surface area contributed by atoms with Gasteiger partial charge in [-0.25, -0.2) is 8.42 Å². The van der Waals surface area contributed by atoms with E-state index in [-0.39, 0.29) is 16.3 Å². The third kappa shape index (κ3) is 4.67.